The maximum absolute atomic E-state index is 10.9. The minimum absolute atomic E-state index is 0.320. The third-order valence-electron chi connectivity index (χ3n) is 4.24. The first-order chi connectivity index (χ1) is 9.49. The van der Waals surface area contributed by atoms with Crippen LogP contribution < -0.4 is 0 Å². The van der Waals surface area contributed by atoms with Crippen LogP contribution in [0.2, 0.25) is 0 Å². The lowest BCUT2D eigenvalue weighted by Gasteiger charge is -2.42. The van der Waals surface area contributed by atoms with Gasteiger partial charge < -0.3 is 0 Å². The van der Waals surface area contributed by atoms with Gasteiger partial charge in [-0.1, -0.05) is 43.2 Å². The van der Waals surface area contributed by atoms with Gasteiger partial charge >= 0.3 is 0 Å². The summed E-state index contributed by atoms with van der Waals surface area (Å²) in [5.41, 5.74) is 1.87. The van der Waals surface area contributed by atoms with Crippen LogP contribution in [0.1, 0.15) is 44.1 Å². The molecule has 0 aromatic heterocycles. The van der Waals surface area contributed by atoms with Crippen molar-refractivity contribution in [3.63, 3.8) is 0 Å². The summed E-state index contributed by atoms with van der Waals surface area (Å²) in [4.78, 5) is 0. The average Bonchev–Trinajstić information content (AvgIpc) is 2.35. The topological polar surface area (TPSA) is 43.4 Å². The van der Waals surface area contributed by atoms with Gasteiger partial charge in [0.15, 0.2) is 0 Å². The molecule has 4 heteroatoms. The van der Waals surface area contributed by atoms with Crippen molar-refractivity contribution in [3.8, 4) is 0 Å². The Morgan fingerprint density at radius 3 is 2.40 bits per heavy atom. The predicted octanol–water partition coefficient (Wildman–Crippen LogP) is 3.55. The molecule has 0 atom stereocenters. The SMILES string of the molecule is CS(=O)(=O)OCCCCC1(Cc2ccccc2)CCC1. The van der Waals surface area contributed by atoms with Crippen molar-refractivity contribution in [2.75, 3.05) is 12.9 Å². The quantitative estimate of drug-likeness (QED) is 0.544. The first-order valence-corrected chi connectivity index (χ1v) is 9.19. The van der Waals surface area contributed by atoms with Crippen LogP contribution in [0.3, 0.4) is 0 Å². The maximum atomic E-state index is 10.9. The predicted molar refractivity (Wildman–Crippen MR) is 81.1 cm³/mol. The summed E-state index contributed by atoms with van der Waals surface area (Å²) >= 11 is 0. The van der Waals surface area contributed by atoms with Gasteiger partial charge in [-0.05, 0) is 43.1 Å². The first-order valence-electron chi connectivity index (χ1n) is 7.38. The number of benzene rings is 1. The summed E-state index contributed by atoms with van der Waals surface area (Å²) in [7, 11) is -3.28. The van der Waals surface area contributed by atoms with Gasteiger partial charge in [0.2, 0.25) is 0 Å². The molecule has 0 amide bonds. The van der Waals surface area contributed by atoms with E-state index in [4.69, 9.17) is 4.18 Å². The molecule has 0 aliphatic heterocycles. The molecule has 2 rings (SSSR count). The van der Waals surface area contributed by atoms with Gasteiger partial charge in [-0.25, -0.2) is 0 Å². The Bertz CT molecular complexity index is 504. The number of unbranched alkanes of at least 4 members (excludes halogenated alkanes) is 1. The van der Waals surface area contributed by atoms with Crippen LogP contribution in [-0.2, 0) is 20.7 Å². The Hall–Kier alpha value is -0.870. The van der Waals surface area contributed by atoms with E-state index >= 15 is 0 Å². The van der Waals surface area contributed by atoms with Crippen molar-refractivity contribution in [2.24, 2.45) is 5.41 Å². The lowest BCUT2D eigenvalue weighted by Crippen LogP contribution is -2.31. The van der Waals surface area contributed by atoms with Crippen LogP contribution in [-0.4, -0.2) is 21.3 Å². The van der Waals surface area contributed by atoms with Crippen LogP contribution in [0.25, 0.3) is 0 Å². The highest BCUT2D eigenvalue weighted by Crippen LogP contribution is 2.47. The first kappa shape index (κ1) is 15.5. The summed E-state index contributed by atoms with van der Waals surface area (Å²) < 4.78 is 26.5. The van der Waals surface area contributed by atoms with Crippen LogP contribution in [0, 0.1) is 5.41 Å². The molecule has 0 spiro atoms. The van der Waals surface area contributed by atoms with Crippen molar-refractivity contribution in [1.82, 2.24) is 0 Å². The third kappa shape index (κ3) is 4.91. The standard InChI is InChI=1S/C16H24O3S/c1-20(17,18)19-13-6-5-10-16(11-7-12-16)14-15-8-3-2-4-9-15/h2-4,8-9H,5-7,10-14H2,1H3. The molecule has 0 unspecified atom stereocenters. The zero-order valence-electron chi connectivity index (χ0n) is 12.2. The summed E-state index contributed by atoms with van der Waals surface area (Å²) in [5, 5.41) is 0. The molecule has 1 aliphatic carbocycles. The summed E-state index contributed by atoms with van der Waals surface area (Å²) in [5.74, 6) is 0. The summed E-state index contributed by atoms with van der Waals surface area (Å²) in [6, 6.07) is 10.7. The van der Waals surface area contributed by atoms with Crippen molar-refractivity contribution >= 4 is 10.1 Å². The van der Waals surface area contributed by atoms with Gasteiger partial charge in [0.1, 0.15) is 0 Å². The molecule has 1 aromatic rings. The monoisotopic (exact) mass is 296 g/mol. The molecule has 0 bridgehead atoms. The van der Waals surface area contributed by atoms with Crippen molar-refractivity contribution < 1.29 is 12.6 Å². The van der Waals surface area contributed by atoms with E-state index in [1.807, 2.05) is 0 Å². The summed E-state index contributed by atoms with van der Waals surface area (Å²) in [6.07, 6.45) is 9.23. The molecule has 1 aromatic carbocycles. The van der Waals surface area contributed by atoms with Crippen molar-refractivity contribution in [3.05, 3.63) is 35.9 Å². The minimum Gasteiger partial charge on any atom is -0.270 e. The second-order valence-corrected chi connectivity index (χ2v) is 7.64. The molecule has 0 radical (unpaired) electrons. The molecule has 20 heavy (non-hydrogen) atoms. The molecule has 112 valence electrons. The second-order valence-electron chi connectivity index (χ2n) is 6.00. The fourth-order valence-corrected chi connectivity index (χ4v) is 3.45. The van der Waals surface area contributed by atoms with Crippen LogP contribution in [0.15, 0.2) is 30.3 Å². The van der Waals surface area contributed by atoms with E-state index < -0.39 is 10.1 Å². The fourth-order valence-electron chi connectivity index (χ4n) is 3.03. The van der Waals surface area contributed by atoms with E-state index in [9.17, 15) is 8.42 Å². The Morgan fingerprint density at radius 1 is 1.15 bits per heavy atom. The zero-order chi connectivity index (χ0) is 14.5. The Morgan fingerprint density at radius 2 is 1.85 bits per heavy atom. The second kappa shape index (κ2) is 6.72. The van der Waals surface area contributed by atoms with Crippen LogP contribution in [0.4, 0.5) is 0 Å². The van der Waals surface area contributed by atoms with Gasteiger partial charge in [0.25, 0.3) is 10.1 Å². The van der Waals surface area contributed by atoms with Crippen LogP contribution in [0.5, 0.6) is 0 Å². The number of hydrogen-bond acceptors (Lipinski definition) is 3. The number of hydrogen-bond donors (Lipinski definition) is 0. The molecular weight excluding hydrogens is 272 g/mol. The molecule has 0 N–H and O–H groups in total. The largest absolute Gasteiger partial charge is 0.270 e. The molecule has 1 fully saturated rings. The smallest absolute Gasteiger partial charge is 0.264 e. The molecule has 0 saturated heterocycles. The normalized spacial score (nSPS) is 17.6. The number of rotatable bonds is 8. The molecule has 1 saturated carbocycles. The third-order valence-corrected chi connectivity index (χ3v) is 4.83. The Kier molecular flexibility index (Phi) is 5.22. The lowest BCUT2D eigenvalue weighted by atomic mass is 9.63. The van der Waals surface area contributed by atoms with E-state index in [-0.39, 0.29) is 0 Å². The van der Waals surface area contributed by atoms with Crippen molar-refractivity contribution in [1.29, 1.82) is 0 Å². The average molecular weight is 296 g/mol. The van der Waals surface area contributed by atoms with Gasteiger partial charge in [0, 0.05) is 0 Å². The van der Waals surface area contributed by atoms with Gasteiger partial charge in [0.05, 0.1) is 12.9 Å². The molecule has 1 aliphatic rings. The van der Waals surface area contributed by atoms with Gasteiger partial charge in [-0.15, -0.1) is 0 Å². The van der Waals surface area contributed by atoms with E-state index in [2.05, 4.69) is 30.3 Å². The maximum Gasteiger partial charge on any atom is 0.264 e. The van der Waals surface area contributed by atoms with Crippen LogP contribution >= 0.6 is 0 Å². The van der Waals surface area contributed by atoms with E-state index in [1.165, 1.54) is 31.2 Å². The highest BCUT2D eigenvalue weighted by molar-refractivity contribution is 7.85. The van der Waals surface area contributed by atoms with Crippen molar-refractivity contribution in [2.45, 2.75) is 44.9 Å². The Labute approximate surface area is 122 Å². The minimum atomic E-state index is -3.28. The Balaban J connectivity index is 1.75. The highest BCUT2D eigenvalue weighted by Gasteiger charge is 2.36. The molecular formula is C16H24O3S. The molecule has 3 nitrogen and oxygen atoms in total. The zero-order valence-corrected chi connectivity index (χ0v) is 13.0. The lowest BCUT2D eigenvalue weighted by molar-refractivity contribution is 0.113. The molecule has 0 heterocycles. The highest BCUT2D eigenvalue weighted by atomic mass is 32.2. The van der Waals surface area contributed by atoms with E-state index in [0.29, 0.717) is 12.0 Å². The fraction of sp³-hybridized carbons (Fsp3) is 0.625. The van der Waals surface area contributed by atoms with E-state index in [0.717, 1.165) is 25.5 Å². The van der Waals surface area contributed by atoms with Gasteiger partial charge in [-0.3, -0.25) is 4.18 Å². The van der Waals surface area contributed by atoms with Gasteiger partial charge in [-0.2, -0.15) is 8.42 Å². The van der Waals surface area contributed by atoms with E-state index in [1.54, 1.807) is 0 Å². The summed E-state index contributed by atoms with van der Waals surface area (Å²) in [6.45, 7) is 0.320.